The van der Waals surface area contributed by atoms with Gasteiger partial charge >= 0.3 is 0 Å². The van der Waals surface area contributed by atoms with Crippen molar-refractivity contribution in [3.05, 3.63) is 170 Å². The van der Waals surface area contributed by atoms with Gasteiger partial charge in [0.1, 0.15) is 16.9 Å². The number of rotatable bonds is 6. The van der Waals surface area contributed by atoms with E-state index in [0.717, 1.165) is 44.8 Å². The molecule has 6 aromatic carbocycles. The maximum absolute atomic E-state index is 6.08. The zero-order valence-corrected chi connectivity index (χ0v) is 24.0. The Kier molecular flexibility index (Phi) is 6.47. The Hall–Kier alpha value is -5.93. The number of furan rings is 1. The van der Waals surface area contributed by atoms with E-state index in [9.17, 15) is 0 Å². The highest BCUT2D eigenvalue weighted by molar-refractivity contribution is 6.03. The second-order valence-corrected chi connectivity index (χ2v) is 10.9. The number of hydrogen-bond acceptors (Lipinski definition) is 3. The van der Waals surface area contributed by atoms with E-state index in [1.54, 1.807) is 0 Å². The van der Waals surface area contributed by atoms with Crippen molar-refractivity contribution in [2.45, 2.75) is 0 Å². The van der Waals surface area contributed by atoms with Gasteiger partial charge in [-0.05, 0) is 81.9 Å². The second kappa shape index (κ2) is 11.0. The van der Waals surface area contributed by atoms with Gasteiger partial charge in [-0.1, -0.05) is 121 Å². The van der Waals surface area contributed by atoms with Crippen LogP contribution in [0.1, 0.15) is 0 Å². The maximum atomic E-state index is 6.08. The molecule has 0 saturated carbocycles. The Labute approximate surface area is 256 Å². The minimum atomic E-state index is 0.781. The summed E-state index contributed by atoms with van der Waals surface area (Å²) in [5.41, 5.74) is 11.7. The highest BCUT2D eigenvalue weighted by Gasteiger charge is 2.17. The van der Waals surface area contributed by atoms with Crippen LogP contribution in [0.4, 0.5) is 17.2 Å². The fraction of sp³-hybridized carbons (Fsp3) is 0. The van der Waals surface area contributed by atoms with Crippen molar-refractivity contribution in [3.63, 3.8) is 0 Å². The molecule has 0 N–H and O–H groups in total. The number of hydrogen-bond donors (Lipinski definition) is 0. The predicted molar refractivity (Wildman–Crippen MR) is 183 cm³/mol. The minimum Gasteiger partial charge on any atom is -0.454 e. The summed E-state index contributed by atoms with van der Waals surface area (Å²) < 4.78 is 6.08. The Morgan fingerprint density at radius 1 is 0.364 bits per heavy atom. The van der Waals surface area contributed by atoms with Gasteiger partial charge in [-0.25, -0.2) is 4.98 Å². The van der Waals surface area contributed by atoms with Gasteiger partial charge in [-0.2, -0.15) is 0 Å². The third kappa shape index (κ3) is 4.81. The number of para-hydroxylation sites is 1. The Bertz CT molecular complexity index is 2180. The molecule has 0 fully saturated rings. The number of nitrogens with zero attached hydrogens (tertiary/aromatic N) is 2. The zero-order valence-electron chi connectivity index (χ0n) is 24.0. The van der Waals surface area contributed by atoms with Gasteiger partial charge in [0.2, 0.25) is 0 Å². The van der Waals surface area contributed by atoms with E-state index in [2.05, 4.69) is 132 Å². The van der Waals surface area contributed by atoms with Crippen molar-refractivity contribution in [1.29, 1.82) is 0 Å². The van der Waals surface area contributed by atoms with Gasteiger partial charge in [0, 0.05) is 16.8 Å². The smallest absolute Gasteiger partial charge is 0.154 e. The van der Waals surface area contributed by atoms with Crippen LogP contribution < -0.4 is 4.90 Å². The topological polar surface area (TPSA) is 29.3 Å². The molecule has 8 aromatic rings. The monoisotopic (exact) mass is 564 g/mol. The Balaban J connectivity index is 1.18. The molecule has 2 aromatic heterocycles. The Morgan fingerprint density at radius 3 is 1.32 bits per heavy atom. The van der Waals surface area contributed by atoms with Crippen LogP contribution in [-0.2, 0) is 0 Å². The lowest BCUT2D eigenvalue weighted by atomic mass is 10.00. The van der Waals surface area contributed by atoms with Gasteiger partial charge in [-0.15, -0.1) is 0 Å². The molecular formula is C41H28N2O. The number of pyridine rings is 1. The molecule has 0 spiro atoms. The van der Waals surface area contributed by atoms with Crippen LogP contribution in [0.15, 0.2) is 174 Å². The molecule has 2 heterocycles. The molecule has 0 saturated heterocycles. The first-order valence-electron chi connectivity index (χ1n) is 14.8. The third-order valence-corrected chi connectivity index (χ3v) is 8.12. The summed E-state index contributed by atoms with van der Waals surface area (Å²) in [4.78, 5) is 7.35. The van der Waals surface area contributed by atoms with Gasteiger partial charge < -0.3 is 4.42 Å². The lowest BCUT2D eigenvalue weighted by molar-refractivity contribution is 0.668. The van der Waals surface area contributed by atoms with Crippen molar-refractivity contribution < 1.29 is 4.42 Å². The van der Waals surface area contributed by atoms with Gasteiger partial charge in [-0.3, -0.25) is 4.90 Å². The van der Waals surface area contributed by atoms with E-state index in [4.69, 9.17) is 9.40 Å². The molecule has 8 rings (SSSR count). The molecule has 0 atom stereocenters. The van der Waals surface area contributed by atoms with E-state index in [0.29, 0.717) is 0 Å². The van der Waals surface area contributed by atoms with Gasteiger partial charge in [0.05, 0.1) is 0 Å². The molecule has 3 heteroatoms. The molecular weight excluding hydrogens is 536 g/mol. The largest absolute Gasteiger partial charge is 0.454 e. The van der Waals surface area contributed by atoms with Crippen molar-refractivity contribution in [2.75, 3.05) is 4.90 Å². The SMILES string of the molecule is c1ccc(-c2ccc(-c3ccc(N(c4ccc(-c5ccccc5)cc4)c4ccc5oc6ccccc6c5n4)cc3)cc2)cc1. The molecule has 0 radical (unpaired) electrons. The van der Waals surface area contributed by atoms with Crippen molar-refractivity contribution in [1.82, 2.24) is 4.98 Å². The molecule has 3 nitrogen and oxygen atoms in total. The molecule has 0 aliphatic heterocycles. The third-order valence-electron chi connectivity index (χ3n) is 8.12. The molecule has 0 aliphatic rings. The highest BCUT2D eigenvalue weighted by Crippen LogP contribution is 2.38. The van der Waals surface area contributed by atoms with Crippen LogP contribution >= 0.6 is 0 Å². The highest BCUT2D eigenvalue weighted by atomic mass is 16.3. The van der Waals surface area contributed by atoms with Crippen LogP contribution in [0.2, 0.25) is 0 Å². The lowest BCUT2D eigenvalue weighted by Gasteiger charge is -2.25. The van der Waals surface area contributed by atoms with Gasteiger partial charge in [0.15, 0.2) is 5.58 Å². The molecule has 208 valence electrons. The Morgan fingerprint density at radius 2 is 0.795 bits per heavy atom. The summed E-state index contributed by atoms with van der Waals surface area (Å²) in [5, 5.41) is 1.01. The quantitative estimate of drug-likeness (QED) is 0.201. The molecule has 0 unspecified atom stereocenters. The summed E-state index contributed by atoms with van der Waals surface area (Å²) in [7, 11) is 0. The van der Waals surface area contributed by atoms with Gasteiger partial charge in [0.25, 0.3) is 0 Å². The van der Waals surface area contributed by atoms with E-state index in [1.807, 2.05) is 42.5 Å². The van der Waals surface area contributed by atoms with Crippen LogP contribution in [0.3, 0.4) is 0 Å². The standard InChI is InChI=1S/C41H28N2O/c1-3-9-29(10-4-1)31-15-17-32(18-16-31)34-21-25-36(26-22-34)43(35-23-19-33(20-24-35)30-11-5-2-6-12-30)40-28-27-39-41(42-40)37-13-7-8-14-38(37)44-39/h1-28H. The summed E-state index contributed by atoms with van der Waals surface area (Å²) >= 11 is 0. The van der Waals surface area contributed by atoms with E-state index in [1.165, 1.54) is 27.8 Å². The van der Waals surface area contributed by atoms with E-state index >= 15 is 0 Å². The first kappa shape index (κ1) is 25.8. The minimum absolute atomic E-state index is 0.781. The van der Waals surface area contributed by atoms with Crippen LogP contribution in [0.25, 0.3) is 55.4 Å². The maximum Gasteiger partial charge on any atom is 0.154 e. The van der Waals surface area contributed by atoms with Crippen LogP contribution in [-0.4, -0.2) is 4.98 Å². The molecule has 0 bridgehead atoms. The number of benzene rings is 6. The number of anilines is 3. The van der Waals surface area contributed by atoms with E-state index < -0.39 is 0 Å². The molecule has 44 heavy (non-hydrogen) atoms. The van der Waals surface area contributed by atoms with Crippen LogP contribution in [0, 0.1) is 0 Å². The first-order chi connectivity index (χ1) is 21.8. The van der Waals surface area contributed by atoms with Crippen molar-refractivity contribution in [3.8, 4) is 33.4 Å². The first-order valence-corrected chi connectivity index (χ1v) is 14.8. The summed E-state index contributed by atoms with van der Waals surface area (Å²) in [6, 6.07) is 59.2. The zero-order chi connectivity index (χ0) is 29.3. The fourth-order valence-electron chi connectivity index (χ4n) is 5.84. The summed E-state index contributed by atoms with van der Waals surface area (Å²) in [6.45, 7) is 0. The van der Waals surface area contributed by atoms with Crippen molar-refractivity contribution >= 4 is 39.3 Å². The van der Waals surface area contributed by atoms with Crippen molar-refractivity contribution in [2.24, 2.45) is 0 Å². The predicted octanol–water partition coefficient (Wildman–Crippen LogP) is 11.5. The normalized spacial score (nSPS) is 11.2. The average Bonchev–Trinajstić information content (AvgIpc) is 3.48. The fourth-order valence-corrected chi connectivity index (χ4v) is 5.84. The molecule has 0 amide bonds. The summed E-state index contributed by atoms with van der Waals surface area (Å²) in [5.74, 6) is 0.830. The number of aromatic nitrogens is 1. The lowest BCUT2D eigenvalue weighted by Crippen LogP contribution is -2.11. The van der Waals surface area contributed by atoms with E-state index in [-0.39, 0.29) is 0 Å². The second-order valence-electron chi connectivity index (χ2n) is 10.9. The average molecular weight is 565 g/mol. The number of fused-ring (bicyclic) bond motifs is 3. The molecule has 0 aliphatic carbocycles. The summed E-state index contributed by atoms with van der Waals surface area (Å²) in [6.07, 6.45) is 0. The van der Waals surface area contributed by atoms with Crippen LogP contribution in [0.5, 0.6) is 0 Å².